The summed E-state index contributed by atoms with van der Waals surface area (Å²) in [5, 5.41) is 10.1. The molecule has 0 bridgehead atoms. The monoisotopic (exact) mass is 503 g/mol. The zero-order valence-electron chi connectivity index (χ0n) is 21.8. The van der Waals surface area contributed by atoms with Crippen LogP contribution in [0, 0.1) is 11.8 Å². The van der Waals surface area contributed by atoms with Gasteiger partial charge in [-0.15, -0.1) is 11.3 Å². The molecule has 2 heterocycles. The Labute approximate surface area is 213 Å². The Morgan fingerprint density at radius 2 is 1.86 bits per heavy atom. The third-order valence-corrected chi connectivity index (χ3v) is 9.33. The van der Waals surface area contributed by atoms with Crippen molar-refractivity contribution in [1.29, 1.82) is 0 Å². The summed E-state index contributed by atoms with van der Waals surface area (Å²) in [4.78, 5) is 29.7. The van der Waals surface area contributed by atoms with Gasteiger partial charge in [-0.25, -0.2) is 4.79 Å². The van der Waals surface area contributed by atoms with E-state index >= 15 is 0 Å². The highest BCUT2D eigenvalue weighted by molar-refractivity contribution is 7.14. The molecule has 1 amide bonds. The van der Waals surface area contributed by atoms with E-state index in [1.807, 2.05) is 11.0 Å². The van der Waals surface area contributed by atoms with Crippen molar-refractivity contribution in [3.63, 3.8) is 0 Å². The molecule has 0 unspecified atom stereocenters. The van der Waals surface area contributed by atoms with Gasteiger partial charge in [0.15, 0.2) is 0 Å². The van der Waals surface area contributed by atoms with Crippen LogP contribution in [0.5, 0.6) is 0 Å². The molecule has 0 spiro atoms. The van der Waals surface area contributed by atoms with E-state index in [0.29, 0.717) is 12.3 Å². The lowest BCUT2D eigenvalue weighted by atomic mass is 9.79. The molecule has 4 rings (SSSR count). The van der Waals surface area contributed by atoms with Crippen molar-refractivity contribution in [3.05, 3.63) is 27.5 Å². The summed E-state index contributed by atoms with van der Waals surface area (Å²) in [6, 6.07) is 1.96. The van der Waals surface area contributed by atoms with E-state index in [4.69, 9.17) is 9.47 Å². The maximum Gasteiger partial charge on any atom is 0.348 e. The second kappa shape index (κ2) is 10.7. The van der Waals surface area contributed by atoms with Gasteiger partial charge >= 0.3 is 5.97 Å². The van der Waals surface area contributed by atoms with Crippen molar-refractivity contribution in [1.82, 2.24) is 0 Å². The average molecular weight is 504 g/mol. The quantitative estimate of drug-likeness (QED) is 0.469. The first-order valence-electron chi connectivity index (χ1n) is 13.1. The maximum absolute atomic E-state index is 14.2. The van der Waals surface area contributed by atoms with E-state index in [2.05, 4.69) is 40.7 Å². The normalized spacial score (nSPS) is 29.6. The Bertz CT molecular complexity index is 947. The minimum atomic E-state index is -0.955. The molecule has 1 N–H and O–H groups in total. The second-order valence-electron chi connectivity index (χ2n) is 11.7. The number of hydrogen-bond donors (Lipinski definition) is 1. The first kappa shape index (κ1) is 26.4. The van der Waals surface area contributed by atoms with Crippen LogP contribution in [0.4, 0.5) is 5.69 Å². The number of amides is 1. The largest absolute Gasteiger partial charge is 0.477 e. The van der Waals surface area contributed by atoms with Crippen LogP contribution in [0.3, 0.4) is 0 Å². The van der Waals surface area contributed by atoms with Gasteiger partial charge in [0, 0.05) is 23.4 Å². The summed E-state index contributed by atoms with van der Waals surface area (Å²) < 4.78 is 11.7. The van der Waals surface area contributed by atoms with E-state index in [1.165, 1.54) is 16.9 Å². The van der Waals surface area contributed by atoms with Crippen LogP contribution in [0.2, 0.25) is 0 Å². The van der Waals surface area contributed by atoms with E-state index in [1.54, 1.807) is 0 Å². The first-order chi connectivity index (χ1) is 16.5. The summed E-state index contributed by atoms with van der Waals surface area (Å²) in [6.07, 6.45) is 8.52. The van der Waals surface area contributed by atoms with Crippen LogP contribution in [-0.2, 0) is 19.7 Å². The number of nitrogens with zero attached hydrogens (tertiary/aromatic N) is 1. The summed E-state index contributed by atoms with van der Waals surface area (Å²) >= 11 is 1.31. The zero-order chi connectivity index (χ0) is 25.3. The molecule has 35 heavy (non-hydrogen) atoms. The van der Waals surface area contributed by atoms with Crippen molar-refractivity contribution in [2.24, 2.45) is 11.8 Å². The number of hydrogen-bond acceptors (Lipinski definition) is 5. The number of rotatable bonds is 6. The summed E-state index contributed by atoms with van der Waals surface area (Å²) in [6.45, 7) is 12.0. The molecule has 2 aliphatic carbocycles. The van der Waals surface area contributed by atoms with Crippen molar-refractivity contribution in [2.45, 2.75) is 103 Å². The van der Waals surface area contributed by atoms with Crippen molar-refractivity contribution >= 4 is 28.9 Å². The molecule has 194 valence electrons. The van der Waals surface area contributed by atoms with Gasteiger partial charge in [-0.1, -0.05) is 39.3 Å². The Kier molecular flexibility index (Phi) is 8.08. The molecule has 1 aromatic heterocycles. The van der Waals surface area contributed by atoms with Gasteiger partial charge in [-0.2, -0.15) is 0 Å². The molecule has 0 aromatic carbocycles. The van der Waals surface area contributed by atoms with Crippen LogP contribution in [0.25, 0.3) is 0 Å². The second-order valence-corrected chi connectivity index (χ2v) is 12.8. The lowest BCUT2D eigenvalue weighted by Crippen LogP contribution is -2.48. The van der Waals surface area contributed by atoms with E-state index in [-0.39, 0.29) is 46.3 Å². The third kappa shape index (κ3) is 6.00. The molecule has 0 radical (unpaired) electrons. The number of anilines is 1. The Morgan fingerprint density at radius 3 is 2.43 bits per heavy atom. The van der Waals surface area contributed by atoms with Gasteiger partial charge in [-0.3, -0.25) is 4.79 Å². The minimum absolute atomic E-state index is 0.0121. The molecule has 1 saturated heterocycles. The van der Waals surface area contributed by atoms with Crippen LogP contribution in [-0.4, -0.2) is 48.4 Å². The van der Waals surface area contributed by atoms with Gasteiger partial charge in [0.1, 0.15) is 4.88 Å². The van der Waals surface area contributed by atoms with Gasteiger partial charge in [0.25, 0.3) is 0 Å². The number of allylic oxidation sites excluding steroid dienone is 2. The average Bonchev–Trinajstić information content (AvgIpc) is 3.45. The highest BCUT2D eigenvalue weighted by Crippen LogP contribution is 2.42. The van der Waals surface area contributed by atoms with E-state index in [0.717, 1.165) is 56.4 Å². The minimum Gasteiger partial charge on any atom is -0.477 e. The highest BCUT2D eigenvalue weighted by Gasteiger charge is 2.39. The molecule has 3 aliphatic rings. The van der Waals surface area contributed by atoms with Gasteiger partial charge in [0.05, 0.1) is 24.5 Å². The fourth-order valence-electron chi connectivity index (χ4n) is 5.73. The van der Waals surface area contributed by atoms with Gasteiger partial charge < -0.3 is 19.5 Å². The third-order valence-electron chi connectivity index (χ3n) is 7.79. The molecule has 3 atom stereocenters. The number of carboxylic acid groups (broad SMARTS) is 1. The Balaban J connectivity index is 1.63. The SMILES string of the molecule is CC1=CC[C@H](C(=O)N(c2cc(C(C)(C)C)sc2C(=O)O)[C@H]2CC[C@H](O[C@@H]3CCOC3)CC2)[C@@H](C)C1. The lowest BCUT2D eigenvalue weighted by Gasteiger charge is -2.40. The van der Waals surface area contributed by atoms with E-state index < -0.39 is 5.97 Å². The Hall–Kier alpha value is -1.70. The molecule has 1 aliphatic heterocycles. The summed E-state index contributed by atoms with van der Waals surface area (Å²) in [5.74, 6) is -0.756. The fraction of sp³-hybridized carbons (Fsp3) is 0.714. The van der Waals surface area contributed by atoms with E-state index in [9.17, 15) is 14.7 Å². The zero-order valence-corrected chi connectivity index (χ0v) is 22.7. The summed E-state index contributed by atoms with van der Waals surface area (Å²) in [5.41, 5.74) is 1.73. The molecule has 1 aromatic rings. The predicted octanol–water partition coefficient (Wildman–Crippen LogP) is 6.19. The Morgan fingerprint density at radius 1 is 1.14 bits per heavy atom. The lowest BCUT2D eigenvalue weighted by molar-refractivity contribution is -0.124. The fourth-order valence-corrected chi connectivity index (χ4v) is 6.77. The smallest absolute Gasteiger partial charge is 0.348 e. The first-order valence-corrected chi connectivity index (χ1v) is 14.0. The number of ether oxygens (including phenoxy) is 2. The standard InChI is InChI=1S/C28H41NO5S/c1-17-6-11-22(18(2)14-17)26(30)29(23-15-24(28(3,4)5)35-25(23)27(31)32)19-7-9-20(10-8-19)34-21-12-13-33-16-21/h6,15,18-22H,7-14,16H2,1-5H3,(H,31,32)/t18-,19-,20-,21+,22-/m0/s1. The number of aromatic carboxylic acids is 1. The van der Waals surface area contributed by atoms with Crippen molar-refractivity contribution < 1.29 is 24.2 Å². The molecule has 1 saturated carbocycles. The van der Waals surface area contributed by atoms with Gasteiger partial charge in [-0.05, 0) is 69.3 Å². The molecule has 7 heteroatoms. The van der Waals surface area contributed by atoms with Crippen LogP contribution in [0.15, 0.2) is 17.7 Å². The molecular formula is C28H41NO5S. The number of carbonyl (C=O) groups is 2. The highest BCUT2D eigenvalue weighted by atomic mass is 32.1. The predicted molar refractivity (Wildman–Crippen MR) is 139 cm³/mol. The topological polar surface area (TPSA) is 76.1 Å². The number of carbonyl (C=O) groups excluding carboxylic acids is 1. The van der Waals surface area contributed by atoms with Crippen molar-refractivity contribution in [2.75, 3.05) is 18.1 Å². The van der Waals surface area contributed by atoms with Gasteiger partial charge in [0.2, 0.25) is 5.91 Å². The van der Waals surface area contributed by atoms with Crippen LogP contribution in [0.1, 0.15) is 94.1 Å². The number of carboxylic acids is 1. The molecule has 6 nitrogen and oxygen atoms in total. The summed E-state index contributed by atoms with van der Waals surface area (Å²) in [7, 11) is 0. The van der Waals surface area contributed by atoms with Crippen LogP contribution < -0.4 is 4.90 Å². The van der Waals surface area contributed by atoms with Crippen molar-refractivity contribution in [3.8, 4) is 0 Å². The number of thiophene rings is 1. The molecule has 2 fully saturated rings. The molecular weight excluding hydrogens is 462 g/mol. The maximum atomic E-state index is 14.2. The van der Waals surface area contributed by atoms with Crippen LogP contribution >= 0.6 is 11.3 Å².